The quantitative estimate of drug-likeness (QED) is 0.383. The summed E-state index contributed by atoms with van der Waals surface area (Å²) in [5.41, 5.74) is 7.35. The van der Waals surface area contributed by atoms with Crippen molar-refractivity contribution in [2.45, 2.75) is 37.5 Å². The predicted molar refractivity (Wildman–Crippen MR) is 104 cm³/mol. The maximum absolute atomic E-state index is 12.3. The van der Waals surface area contributed by atoms with Crippen LogP contribution in [-0.4, -0.2) is 64.8 Å². The first-order chi connectivity index (χ1) is 14.5. The van der Waals surface area contributed by atoms with Crippen molar-refractivity contribution in [3.63, 3.8) is 0 Å². The lowest BCUT2D eigenvalue weighted by atomic mass is 10.1. The van der Waals surface area contributed by atoms with Crippen LogP contribution in [0.2, 0.25) is 0 Å². The van der Waals surface area contributed by atoms with E-state index in [0.717, 1.165) is 10.1 Å². The van der Waals surface area contributed by atoms with Crippen molar-refractivity contribution in [3.8, 4) is 0 Å². The fraction of sp³-hybridized carbons (Fsp3) is 0.368. The van der Waals surface area contributed by atoms with Gasteiger partial charge in [0.15, 0.2) is 6.23 Å². The molecule has 1 aliphatic rings. The fourth-order valence-electron chi connectivity index (χ4n) is 3.41. The minimum atomic E-state index is -1.40. The zero-order valence-electron chi connectivity index (χ0n) is 15.9. The molecule has 0 amide bonds. The average molecular weight is 414 g/mol. The molecule has 3 aromatic rings. The summed E-state index contributed by atoms with van der Waals surface area (Å²) in [6.07, 6.45) is -1.48. The number of rotatable bonds is 6. The summed E-state index contributed by atoms with van der Waals surface area (Å²) in [6.45, 7) is 0.0624. The van der Waals surface area contributed by atoms with Crippen molar-refractivity contribution >= 4 is 5.82 Å². The van der Waals surface area contributed by atoms with Crippen LogP contribution in [0.1, 0.15) is 23.0 Å². The molecule has 5 N–H and O–H groups in total. The number of hydrogen-bond acceptors (Lipinski definition) is 9. The number of aromatic nitrogens is 5. The van der Waals surface area contributed by atoms with Gasteiger partial charge < -0.3 is 25.8 Å². The lowest BCUT2D eigenvalue weighted by Gasteiger charge is -2.18. The predicted octanol–water partition coefficient (Wildman–Crippen LogP) is -1.33. The molecule has 3 heterocycles. The van der Waals surface area contributed by atoms with Gasteiger partial charge in [-0.25, -0.2) is 9.48 Å². The van der Waals surface area contributed by atoms with Crippen molar-refractivity contribution in [2.75, 3.05) is 12.3 Å². The van der Waals surface area contributed by atoms with Crippen LogP contribution in [0.25, 0.3) is 0 Å². The third-order valence-corrected chi connectivity index (χ3v) is 5.00. The Kier molecular flexibility index (Phi) is 5.59. The Morgan fingerprint density at radius 2 is 1.90 bits per heavy atom. The van der Waals surface area contributed by atoms with Gasteiger partial charge >= 0.3 is 5.69 Å². The summed E-state index contributed by atoms with van der Waals surface area (Å²) >= 11 is 0. The third kappa shape index (κ3) is 3.96. The van der Waals surface area contributed by atoms with Crippen molar-refractivity contribution in [1.29, 1.82) is 0 Å². The molecule has 1 aromatic carbocycles. The standard InChI is InChI=1S/C19H22N6O5/c20-17-12(6-13-9-24(23-22-13)7-11-4-2-1-3-5-11)8-25(19(29)21-17)18-16(28)15(27)14(10-26)30-18/h1-5,8-9,14-16,18,26-28H,6-7,10H2,(H2,20,21,29). The van der Waals surface area contributed by atoms with Crippen LogP contribution in [0.3, 0.4) is 0 Å². The van der Waals surface area contributed by atoms with Gasteiger partial charge in [-0.2, -0.15) is 4.98 Å². The fourth-order valence-corrected chi connectivity index (χ4v) is 3.41. The van der Waals surface area contributed by atoms with Crippen LogP contribution in [0.5, 0.6) is 0 Å². The minimum Gasteiger partial charge on any atom is -0.394 e. The van der Waals surface area contributed by atoms with Crippen LogP contribution in [0, 0.1) is 0 Å². The number of aliphatic hydroxyl groups excluding tert-OH is 3. The van der Waals surface area contributed by atoms with Crippen LogP contribution < -0.4 is 11.4 Å². The van der Waals surface area contributed by atoms with Crippen LogP contribution in [-0.2, 0) is 17.7 Å². The summed E-state index contributed by atoms with van der Waals surface area (Å²) in [5.74, 6) is 0.0283. The Morgan fingerprint density at radius 1 is 1.13 bits per heavy atom. The summed E-state index contributed by atoms with van der Waals surface area (Å²) < 4.78 is 8.17. The Hall–Kier alpha value is -3.12. The molecular weight excluding hydrogens is 392 g/mol. The van der Waals surface area contributed by atoms with Gasteiger partial charge in [0.05, 0.1) is 18.8 Å². The van der Waals surface area contributed by atoms with Crippen LogP contribution >= 0.6 is 0 Å². The number of benzene rings is 1. The summed E-state index contributed by atoms with van der Waals surface area (Å²) in [7, 11) is 0. The smallest absolute Gasteiger partial charge is 0.351 e. The van der Waals surface area contributed by atoms with E-state index in [0.29, 0.717) is 17.8 Å². The summed E-state index contributed by atoms with van der Waals surface area (Å²) in [5, 5.41) is 37.6. The van der Waals surface area contributed by atoms with E-state index >= 15 is 0 Å². The molecule has 0 spiro atoms. The van der Waals surface area contributed by atoms with E-state index in [2.05, 4.69) is 15.3 Å². The number of hydrogen-bond donors (Lipinski definition) is 4. The Morgan fingerprint density at radius 3 is 2.60 bits per heavy atom. The molecule has 4 unspecified atom stereocenters. The molecule has 11 nitrogen and oxygen atoms in total. The molecule has 1 fully saturated rings. The highest BCUT2D eigenvalue weighted by Gasteiger charge is 2.43. The first-order valence-corrected chi connectivity index (χ1v) is 9.39. The van der Waals surface area contributed by atoms with Gasteiger partial charge in [-0.15, -0.1) is 5.10 Å². The van der Waals surface area contributed by atoms with Gasteiger partial charge in [-0.1, -0.05) is 35.5 Å². The lowest BCUT2D eigenvalue weighted by Crippen LogP contribution is -2.36. The van der Waals surface area contributed by atoms with E-state index < -0.39 is 36.8 Å². The van der Waals surface area contributed by atoms with E-state index in [1.165, 1.54) is 6.20 Å². The monoisotopic (exact) mass is 414 g/mol. The third-order valence-electron chi connectivity index (χ3n) is 5.00. The van der Waals surface area contributed by atoms with E-state index in [1.54, 1.807) is 10.9 Å². The molecule has 0 aliphatic carbocycles. The molecular formula is C19H22N6O5. The highest BCUT2D eigenvalue weighted by atomic mass is 16.6. The molecule has 1 saturated heterocycles. The van der Waals surface area contributed by atoms with Gasteiger partial charge in [0.1, 0.15) is 24.1 Å². The van der Waals surface area contributed by atoms with Gasteiger partial charge in [0, 0.05) is 24.4 Å². The van der Waals surface area contributed by atoms with Gasteiger partial charge in [0.25, 0.3) is 0 Å². The molecule has 30 heavy (non-hydrogen) atoms. The Bertz CT molecular complexity index is 1070. The van der Waals surface area contributed by atoms with Crippen LogP contribution in [0.4, 0.5) is 5.82 Å². The van der Waals surface area contributed by atoms with E-state index in [-0.39, 0.29) is 12.2 Å². The van der Waals surface area contributed by atoms with Gasteiger partial charge in [0.2, 0.25) is 0 Å². The first kappa shape index (κ1) is 20.2. The molecule has 158 valence electrons. The summed E-state index contributed by atoms with van der Waals surface area (Å²) in [4.78, 5) is 16.1. The molecule has 0 bridgehead atoms. The highest BCUT2D eigenvalue weighted by molar-refractivity contribution is 5.39. The topological polar surface area (TPSA) is 162 Å². The highest BCUT2D eigenvalue weighted by Crippen LogP contribution is 2.28. The van der Waals surface area contributed by atoms with Crippen molar-refractivity contribution in [3.05, 3.63) is 70.0 Å². The van der Waals surface area contributed by atoms with E-state index in [1.807, 2.05) is 30.3 Å². The van der Waals surface area contributed by atoms with Crippen LogP contribution in [0.15, 0.2) is 47.5 Å². The van der Waals surface area contributed by atoms with Gasteiger partial charge in [-0.05, 0) is 5.56 Å². The average Bonchev–Trinajstić information content (AvgIpc) is 3.29. The van der Waals surface area contributed by atoms with Gasteiger partial charge in [-0.3, -0.25) is 4.57 Å². The van der Waals surface area contributed by atoms with E-state index in [9.17, 15) is 20.1 Å². The molecule has 2 aromatic heterocycles. The molecule has 1 aliphatic heterocycles. The molecule has 11 heteroatoms. The molecule has 4 atom stereocenters. The lowest BCUT2D eigenvalue weighted by molar-refractivity contribution is -0.0550. The maximum Gasteiger partial charge on any atom is 0.351 e. The zero-order chi connectivity index (χ0) is 21.3. The second-order valence-electron chi connectivity index (χ2n) is 7.14. The molecule has 4 rings (SSSR count). The zero-order valence-corrected chi connectivity index (χ0v) is 15.9. The van der Waals surface area contributed by atoms with E-state index in [4.69, 9.17) is 10.5 Å². The SMILES string of the molecule is Nc1nc(=O)n(C2OC(CO)C(O)C2O)cc1Cc1cn(Cc2ccccc2)nn1. The van der Waals surface area contributed by atoms with Crippen molar-refractivity contribution in [1.82, 2.24) is 24.5 Å². The number of nitrogens with zero attached hydrogens (tertiary/aromatic N) is 5. The number of aliphatic hydroxyl groups is 3. The Labute approximate surface area is 171 Å². The van der Waals surface area contributed by atoms with Crippen molar-refractivity contribution in [2.24, 2.45) is 0 Å². The number of nitrogen functional groups attached to an aromatic ring is 1. The number of anilines is 1. The largest absolute Gasteiger partial charge is 0.394 e. The second-order valence-corrected chi connectivity index (χ2v) is 7.14. The Balaban J connectivity index is 1.56. The first-order valence-electron chi connectivity index (χ1n) is 9.39. The number of ether oxygens (including phenoxy) is 1. The molecule has 0 radical (unpaired) electrons. The number of nitrogens with two attached hydrogens (primary N) is 1. The van der Waals surface area contributed by atoms with Crippen molar-refractivity contribution < 1.29 is 20.1 Å². The maximum atomic E-state index is 12.3. The minimum absolute atomic E-state index is 0.0283. The molecule has 0 saturated carbocycles. The normalized spacial score (nSPS) is 23.7. The summed E-state index contributed by atoms with van der Waals surface area (Å²) in [6, 6.07) is 9.80. The second kappa shape index (κ2) is 8.32.